The third-order valence-electron chi connectivity index (χ3n) is 4.36. The Labute approximate surface area is 161 Å². The van der Waals surface area contributed by atoms with Crippen molar-refractivity contribution in [3.63, 3.8) is 0 Å². The maximum absolute atomic E-state index is 13.0. The Balaban J connectivity index is 1.98. The largest absolute Gasteiger partial charge is 0.327 e. The number of carbonyl (C=O) groups excluding carboxylic acids is 2. The van der Waals surface area contributed by atoms with Crippen molar-refractivity contribution in [1.82, 2.24) is 10.6 Å². The van der Waals surface area contributed by atoms with Crippen LogP contribution in [-0.2, 0) is 4.79 Å². The Kier molecular flexibility index (Phi) is 5.13. The van der Waals surface area contributed by atoms with E-state index in [1.54, 1.807) is 6.92 Å². The van der Waals surface area contributed by atoms with E-state index < -0.39 is 6.04 Å². The highest BCUT2D eigenvalue weighted by atomic mass is 79.9. The number of hydrogen-bond acceptors (Lipinski definition) is 2. The summed E-state index contributed by atoms with van der Waals surface area (Å²) in [7, 11) is 0. The molecule has 1 aliphatic rings. The number of amides is 3. The standard InChI is InChI=1S/C20H20BrN3O2/c1-11-8-9-16(12(2)10-11)23-19(25)17-13(3)22-20(26)24-18(17)14-6-4-5-7-15(14)21/h4-10,18H,1-3H3,(H,23,25)(H2,22,24,26). The molecule has 0 saturated carbocycles. The van der Waals surface area contributed by atoms with E-state index in [9.17, 15) is 9.59 Å². The lowest BCUT2D eigenvalue weighted by atomic mass is 9.94. The number of aryl methyl sites for hydroxylation is 2. The molecule has 3 N–H and O–H groups in total. The number of rotatable bonds is 3. The van der Waals surface area contributed by atoms with Gasteiger partial charge in [0.2, 0.25) is 0 Å². The van der Waals surface area contributed by atoms with E-state index in [-0.39, 0.29) is 11.9 Å². The molecule has 3 rings (SSSR count). The van der Waals surface area contributed by atoms with Gasteiger partial charge in [0.15, 0.2) is 0 Å². The second-order valence-electron chi connectivity index (χ2n) is 6.36. The Morgan fingerprint density at radius 3 is 2.54 bits per heavy atom. The van der Waals surface area contributed by atoms with Crippen LogP contribution in [0.25, 0.3) is 0 Å². The first-order chi connectivity index (χ1) is 12.4. The van der Waals surface area contributed by atoms with Crippen LogP contribution in [0.1, 0.15) is 29.7 Å². The fourth-order valence-electron chi connectivity index (χ4n) is 3.08. The van der Waals surface area contributed by atoms with Crippen molar-refractivity contribution in [2.45, 2.75) is 26.8 Å². The third-order valence-corrected chi connectivity index (χ3v) is 5.08. The van der Waals surface area contributed by atoms with Crippen LogP contribution in [0.3, 0.4) is 0 Å². The van der Waals surface area contributed by atoms with Crippen molar-refractivity contribution < 1.29 is 9.59 Å². The molecule has 5 nitrogen and oxygen atoms in total. The van der Waals surface area contributed by atoms with Crippen molar-refractivity contribution in [2.75, 3.05) is 5.32 Å². The average molecular weight is 414 g/mol. The molecule has 1 heterocycles. The summed E-state index contributed by atoms with van der Waals surface area (Å²) in [5.41, 5.74) is 4.72. The number of anilines is 1. The Bertz CT molecular complexity index is 921. The zero-order chi connectivity index (χ0) is 18.8. The molecular weight excluding hydrogens is 394 g/mol. The Hall–Kier alpha value is -2.60. The fraction of sp³-hybridized carbons (Fsp3) is 0.200. The molecule has 0 saturated heterocycles. The molecule has 0 fully saturated rings. The topological polar surface area (TPSA) is 70.2 Å². The monoisotopic (exact) mass is 413 g/mol. The van der Waals surface area contributed by atoms with E-state index in [2.05, 4.69) is 31.9 Å². The summed E-state index contributed by atoms with van der Waals surface area (Å²) in [5.74, 6) is -0.247. The Morgan fingerprint density at radius 2 is 1.85 bits per heavy atom. The van der Waals surface area contributed by atoms with E-state index in [0.717, 1.165) is 26.9 Å². The summed E-state index contributed by atoms with van der Waals surface area (Å²) in [5, 5.41) is 8.51. The van der Waals surface area contributed by atoms with E-state index in [4.69, 9.17) is 0 Å². The van der Waals surface area contributed by atoms with Gasteiger partial charge in [0.05, 0.1) is 11.6 Å². The zero-order valence-electron chi connectivity index (χ0n) is 14.8. The van der Waals surface area contributed by atoms with Gasteiger partial charge in [0.1, 0.15) is 0 Å². The zero-order valence-corrected chi connectivity index (χ0v) is 16.4. The molecule has 26 heavy (non-hydrogen) atoms. The number of allylic oxidation sites excluding steroid dienone is 1. The van der Waals surface area contributed by atoms with Crippen LogP contribution in [0.15, 0.2) is 58.2 Å². The van der Waals surface area contributed by atoms with Gasteiger partial charge in [-0.3, -0.25) is 4.79 Å². The van der Waals surface area contributed by atoms with Crippen LogP contribution in [0.4, 0.5) is 10.5 Å². The lowest BCUT2D eigenvalue weighted by molar-refractivity contribution is -0.113. The molecule has 0 spiro atoms. The first kappa shape index (κ1) is 18.2. The van der Waals surface area contributed by atoms with Crippen molar-refractivity contribution in [3.05, 3.63) is 74.9 Å². The van der Waals surface area contributed by atoms with Crippen molar-refractivity contribution in [3.8, 4) is 0 Å². The minimum atomic E-state index is -0.537. The van der Waals surface area contributed by atoms with Crippen LogP contribution >= 0.6 is 15.9 Å². The second-order valence-corrected chi connectivity index (χ2v) is 7.22. The minimum Gasteiger partial charge on any atom is -0.327 e. The van der Waals surface area contributed by atoms with E-state index in [1.165, 1.54) is 0 Å². The summed E-state index contributed by atoms with van der Waals surface area (Å²) in [6, 6.07) is 12.5. The molecular formula is C20H20BrN3O2. The summed E-state index contributed by atoms with van der Waals surface area (Å²) in [4.78, 5) is 25.0. The lowest BCUT2D eigenvalue weighted by Crippen LogP contribution is -2.46. The van der Waals surface area contributed by atoms with Crippen LogP contribution < -0.4 is 16.0 Å². The van der Waals surface area contributed by atoms with Crippen LogP contribution in [0.5, 0.6) is 0 Å². The molecule has 3 amide bonds. The molecule has 0 radical (unpaired) electrons. The van der Waals surface area contributed by atoms with Crippen LogP contribution in [0, 0.1) is 13.8 Å². The molecule has 0 aliphatic carbocycles. The molecule has 1 atom stereocenters. The van der Waals surface area contributed by atoms with Crippen molar-refractivity contribution in [2.24, 2.45) is 0 Å². The van der Waals surface area contributed by atoms with Gasteiger partial charge in [0, 0.05) is 15.9 Å². The summed E-state index contributed by atoms with van der Waals surface area (Å²) < 4.78 is 0.830. The number of nitrogens with one attached hydrogen (secondary N) is 3. The van der Waals surface area contributed by atoms with Gasteiger partial charge in [0.25, 0.3) is 5.91 Å². The number of urea groups is 1. The maximum Gasteiger partial charge on any atom is 0.319 e. The fourth-order valence-corrected chi connectivity index (χ4v) is 3.59. The molecule has 1 aliphatic heterocycles. The number of carbonyl (C=O) groups is 2. The number of hydrogen-bond donors (Lipinski definition) is 3. The smallest absolute Gasteiger partial charge is 0.319 e. The van der Waals surface area contributed by atoms with Crippen LogP contribution in [-0.4, -0.2) is 11.9 Å². The molecule has 6 heteroatoms. The van der Waals surface area contributed by atoms with Crippen LogP contribution in [0.2, 0.25) is 0 Å². The molecule has 1 unspecified atom stereocenters. The number of halogens is 1. The predicted octanol–water partition coefficient (Wildman–Crippen LogP) is 4.33. The predicted molar refractivity (Wildman–Crippen MR) is 106 cm³/mol. The van der Waals surface area contributed by atoms with Crippen molar-refractivity contribution in [1.29, 1.82) is 0 Å². The summed E-state index contributed by atoms with van der Waals surface area (Å²) >= 11 is 3.51. The Morgan fingerprint density at radius 1 is 1.12 bits per heavy atom. The van der Waals surface area contributed by atoms with Gasteiger partial charge in [-0.2, -0.15) is 0 Å². The number of benzene rings is 2. The molecule has 0 bridgehead atoms. The highest BCUT2D eigenvalue weighted by molar-refractivity contribution is 9.10. The van der Waals surface area contributed by atoms with Gasteiger partial charge in [-0.25, -0.2) is 4.79 Å². The average Bonchev–Trinajstić information content (AvgIpc) is 2.57. The van der Waals surface area contributed by atoms with Gasteiger partial charge < -0.3 is 16.0 Å². The summed E-state index contributed by atoms with van der Waals surface area (Å²) in [6.45, 7) is 5.70. The van der Waals surface area contributed by atoms with Gasteiger partial charge in [-0.05, 0) is 44.0 Å². The normalized spacial score (nSPS) is 16.8. The molecule has 2 aromatic carbocycles. The van der Waals surface area contributed by atoms with Crippen molar-refractivity contribution >= 4 is 33.6 Å². The second kappa shape index (κ2) is 7.33. The van der Waals surface area contributed by atoms with Gasteiger partial charge >= 0.3 is 6.03 Å². The molecule has 0 aromatic heterocycles. The SMILES string of the molecule is CC1=C(C(=O)Nc2ccc(C)cc2C)C(c2ccccc2Br)NC(=O)N1. The molecule has 134 valence electrons. The maximum atomic E-state index is 13.0. The molecule has 2 aromatic rings. The quantitative estimate of drug-likeness (QED) is 0.700. The van der Waals surface area contributed by atoms with E-state index in [0.29, 0.717) is 11.3 Å². The first-order valence-corrected chi connectivity index (χ1v) is 9.07. The first-order valence-electron chi connectivity index (χ1n) is 8.28. The lowest BCUT2D eigenvalue weighted by Gasteiger charge is -2.29. The minimum absolute atomic E-state index is 0.247. The highest BCUT2D eigenvalue weighted by Crippen LogP contribution is 2.32. The van der Waals surface area contributed by atoms with Gasteiger partial charge in [-0.15, -0.1) is 0 Å². The third kappa shape index (κ3) is 3.65. The highest BCUT2D eigenvalue weighted by Gasteiger charge is 2.32. The van der Waals surface area contributed by atoms with E-state index >= 15 is 0 Å². The van der Waals surface area contributed by atoms with E-state index in [1.807, 2.05) is 56.3 Å². The van der Waals surface area contributed by atoms with Gasteiger partial charge in [-0.1, -0.05) is 51.8 Å². The summed E-state index contributed by atoms with van der Waals surface area (Å²) in [6.07, 6.45) is 0.